The minimum absolute atomic E-state index is 0.0301. The summed E-state index contributed by atoms with van der Waals surface area (Å²) >= 11 is 3.39. The normalized spacial score (nSPS) is 15.7. The van der Waals surface area contributed by atoms with Gasteiger partial charge < -0.3 is 15.5 Å². The molecule has 0 radical (unpaired) electrons. The van der Waals surface area contributed by atoms with Gasteiger partial charge in [-0.05, 0) is 62.1 Å². The number of nitrogens with one attached hydrogen (secondary N) is 2. The summed E-state index contributed by atoms with van der Waals surface area (Å²) in [6.45, 7) is 7.84. The summed E-state index contributed by atoms with van der Waals surface area (Å²) in [5, 5.41) is 6.25. The van der Waals surface area contributed by atoms with Crippen LogP contribution in [0.4, 0.5) is 5.69 Å². The lowest BCUT2D eigenvalue weighted by atomic mass is 10.0. The molecule has 30 heavy (non-hydrogen) atoms. The van der Waals surface area contributed by atoms with Crippen molar-refractivity contribution >= 4 is 33.4 Å². The molecule has 2 aromatic rings. The molecule has 1 saturated heterocycles. The maximum Gasteiger partial charge on any atom is 0.253 e. The van der Waals surface area contributed by atoms with Crippen molar-refractivity contribution in [1.29, 1.82) is 0 Å². The number of halogens is 1. The first-order valence-electron chi connectivity index (χ1n) is 10.6. The summed E-state index contributed by atoms with van der Waals surface area (Å²) in [6, 6.07) is 15.4. The molecule has 2 aromatic carbocycles. The first kappa shape index (κ1) is 22.3. The second-order valence-electron chi connectivity index (χ2n) is 8.26. The van der Waals surface area contributed by atoms with Crippen LogP contribution in [0.5, 0.6) is 0 Å². The van der Waals surface area contributed by atoms with Gasteiger partial charge in [0.15, 0.2) is 0 Å². The van der Waals surface area contributed by atoms with E-state index in [0.717, 1.165) is 36.1 Å². The van der Waals surface area contributed by atoms with Crippen LogP contribution in [-0.4, -0.2) is 37.0 Å². The minimum Gasteiger partial charge on any atom is -0.371 e. The predicted molar refractivity (Wildman–Crippen MR) is 125 cm³/mol. The van der Waals surface area contributed by atoms with Crippen molar-refractivity contribution in [3.05, 3.63) is 64.1 Å². The van der Waals surface area contributed by atoms with E-state index >= 15 is 0 Å². The summed E-state index contributed by atoms with van der Waals surface area (Å²) in [7, 11) is 0. The molecule has 2 amide bonds. The van der Waals surface area contributed by atoms with Gasteiger partial charge in [0.2, 0.25) is 0 Å². The maximum atomic E-state index is 12.8. The van der Waals surface area contributed by atoms with Crippen LogP contribution in [0.1, 0.15) is 54.3 Å². The highest BCUT2D eigenvalue weighted by Crippen LogP contribution is 2.25. The molecule has 0 spiro atoms. The molecule has 5 nitrogen and oxygen atoms in total. The van der Waals surface area contributed by atoms with Crippen LogP contribution in [0.25, 0.3) is 0 Å². The van der Waals surface area contributed by atoms with Gasteiger partial charge in [-0.3, -0.25) is 9.59 Å². The van der Waals surface area contributed by atoms with Crippen LogP contribution in [-0.2, 0) is 0 Å². The Balaban J connectivity index is 1.60. The van der Waals surface area contributed by atoms with Crippen molar-refractivity contribution in [2.45, 2.75) is 45.7 Å². The monoisotopic (exact) mass is 471 g/mol. The molecule has 0 aromatic heterocycles. The fourth-order valence-corrected chi connectivity index (χ4v) is 3.79. The molecule has 3 rings (SSSR count). The lowest BCUT2D eigenvalue weighted by molar-refractivity contribution is 0.0925. The number of anilines is 1. The van der Waals surface area contributed by atoms with Gasteiger partial charge in [-0.2, -0.15) is 0 Å². The van der Waals surface area contributed by atoms with E-state index in [2.05, 4.69) is 45.3 Å². The van der Waals surface area contributed by atoms with Gasteiger partial charge in [0, 0.05) is 40.9 Å². The van der Waals surface area contributed by atoms with Crippen LogP contribution in [0.3, 0.4) is 0 Å². The van der Waals surface area contributed by atoms with Gasteiger partial charge in [0.05, 0.1) is 5.56 Å². The SMILES string of the molecule is CC(C)[C@@H](C)NC(=O)c1ccccc1N1CCC(NC(=O)c2ccc(Br)cc2)CC1. The van der Waals surface area contributed by atoms with E-state index in [1.54, 1.807) is 0 Å². The van der Waals surface area contributed by atoms with E-state index in [1.165, 1.54) is 0 Å². The molecule has 160 valence electrons. The highest BCUT2D eigenvalue weighted by Gasteiger charge is 2.24. The minimum atomic E-state index is -0.0385. The average molecular weight is 472 g/mol. The molecule has 0 bridgehead atoms. The Kier molecular flexibility index (Phi) is 7.53. The molecule has 1 fully saturated rings. The van der Waals surface area contributed by atoms with Gasteiger partial charge in [-0.1, -0.05) is 41.9 Å². The molecule has 1 aliphatic heterocycles. The first-order chi connectivity index (χ1) is 14.3. The topological polar surface area (TPSA) is 61.4 Å². The third kappa shape index (κ3) is 5.63. The zero-order valence-corrected chi connectivity index (χ0v) is 19.4. The number of amides is 2. The Hall–Kier alpha value is -2.34. The zero-order chi connectivity index (χ0) is 21.7. The Labute approximate surface area is 187 Å². The summed E-state index contributed by atoms with van der Waals surface area (Å²) in [5.41, 5.74) is 2.34. The number of hydrogen-bond acceptors (Lipinski definition) is 3. The average Bonchev–Trinajstić information content (AvgIpc) is 2.74. The summed E-state index contributed by atoms with van der Waals surface area (Å²) in [4.78, 5) is 27.5. The number of piperidine rings is 1. The van der Waals surface area contributed by atoms with Crippen molar-refractivity contribution in [2.24, 2.45) is 5.92 Å². The van der Waals surface area contributed by atoms with Crippen LogP contribution in [0.2, 0.25) is 0 Å². The standard InChI is InChI=1S/C24H30BrN3O2/c1-16(2)17(3)26-24(30)21-6-4-5-7-22(21)28-14-12-20(13-15-28)27-23(29)18-8-10-19(25)11-9-18/h4-11,16-17,20H,12-15H2,1-3H3,(H,26,30)(H,27,29)/t17-/m1/s1. The highest BCUT2D eigenvalue weighted by molar-refractivity contribution is 9.10. The Morgan fingerprint density at radius 1 is 0.967 bits per heavy atom. The molecule has 0 unspecified atom stereocenters. The van der Waals surface area contributed by atoms with Crippen molar-refractivity contribution in [3.8, 4) is 0 Å². The second-order valence-corrected chi connectivity index (χ2v) is 9.18. The van der Waals surface area contributed by atoms with Gasteiger partial charge in [-0.15, -0.1) is 0 Å². The molecular weight excluding hydrogens is 442 g/mol. The Morgan fingerprint density at radius 2 is 1.60 bits per heavy atom. The van der Waals surface area contributed by atoms with Crippen LogP contribution >= 0.6 is 15.9 Å². The van der Waals surface area contributed by atoms with Crippen molar-refractivity contribution in [1.82, 2.24) is 10.6 Å². The lowest BCUT2D eigenvalue weighted by Crippen LogP contribution is -2.45. The molecule has 0 saturated carbocycles. The summed E-state index contributed by atoms with van der Waals surface area (Å²) < 4.78 is 0.956. The fraction of sp³-hybridized carbons (Fsp3) is 0.417. The van der Waals surface area contributed by atoms with E-state index in [4.69, 9.17) is 0 Å². The zero-order valence-electron chi connectivity index (χ0n) is 17.8. The predicted octanol–water partition coefficient (Wildman–Crippen LogP) is 4.62. The fourth-order valence-electron chi connectivity index (χ4n) is 3.53. The van der Waals surface area contributed by atoms with Crippen molar-refractivity contribution < 1.29 is 9.59 Å². The van der Waals surface area contributed by atoms with Gasteiger partial charge >= 0.3 is 0 Å². The lowest BCUT2D eigenvalue weighted by Gasteiger charge is -2.35. The molecule has 1 heterocycles. The van der Waals surface area contributed by atoms with E-state index in [0.29, 0.717) is 17.0 Å². The van der Waals surface area contributed by atoms with Gasteiger partial charge in [0.25, 0.3) is 11.8 Å². The molecule has 1 atom stereocenters. The molecule has 2 N–H and O–H groups in total. The van der Waals surface area contributed by atoms with Crippen molar-refractivity contribution in [3.63, 3.8) is 0 Å². The van der Waals surface area contributed by atoms with Crippen LogP contribution in [0.15, 0.2) is 53.0 Å². The summed E-state index contributed by atoms with van der Waals surface area (Å²) in [6.07, 6.45) is 1.70. The number of hydrogen-bond donors (Lipinski definition) is 2. The number of benzene rings is 2. The molecular formula is C24H30BrN3O2. The van der Waals surface area contributed by atoms with E-state index in [-0.39, 0.29) is 23.9 Å². The third-order valence-electron chi connectivity index (χ3n) is 5.78. The highest BCUT2D eigenvalue weighted by atomic mass is 79.9. The summed E-state index contributed by atoms with van der Waals surface area (Å²) in [5.74, 6) is 0.312. The number of nitrogens with zero attached hydrogens (tertiary/aromatic N) is 1. The quantitative estimate of drug-likeness (QED) is 0.645. The Morgan fingerprint density at radius 3 is 2.23 bits per heavy atom. The maximum absolute atomic E-state index is 12.8. The van der Waals surface area contributed by atoms with Crippen LogP contribution < -0.4 is 15.5 Å². The Bertz CT molecular complexity index is 874. The van der Waals surface area contributed by atoms with E-state index < -0.39 is 0 Å². The van der Waals surface area contributed by atoms with Gasteiger partial charge in [-0.25, -0.2) is 0 Å². The third-order valence-corrected chi connectivity index (χ3v) is 6.31. The van der Waals surface area contributed by atoms with E-state index in [1.807, 2.05) is 55.5 Å². The first-order valence-corrected chi connectivity index (χ1v) is 11.4. The second kappa shape index (κ2) is 10.1. The molecule has 1 aliphatic rings. The smallest absolute Gasteiger partial charge is 0.253 e. The van der Waals surface area contributed by atoms with E-state index in [9.17, 15) is 9.59 Å². The molecule has 6 heteroatoms. The number of para-hydroxylation sites is 1. The number of rotatable bonds is 6. The molecule has 0 aliphatic carbocycles. The number of carbonyl (C=O) groups excluding carboxylic acids is 2. The largest absolute Gasteiger partial charge is 0.371 e. The van der Waals surface area contributed by atoms with Gasteiger partial charge in [0.1, 0.15) is 0 Å². The van der Waals surface area contributed by atoms with Crippen molar-refractivity contribution in [2.75, 3.05) is 18.0 Å². The number of carbonyl (C=O) groups is 2. The van der Waals surface area contributed by atoms with Crippen LogP contribution in [0, 0.1) is 5.92 Å².